The third-order valence-corrected chi connectivity index (χ3v) is 3.01. The van der Waals surface area contributed by atoms with Gasteiger partial charge in [-0.2, -0.15) is 0 Å². The summed E-state index contributed by atoms with van der Waals surface area (Å²) in [7, 11) is 1.56. The highest BCUT2D eigenvalue weighted by atomic mass is 127. The van der Waals surface area contributed by atoms with Crippen molar-refractivity contribution in [3.8, 4) is 11.5 Å². The minimum absolute atomic E-state index is 0.241. The van der Waals surface area contributed by atoms with Gasteiger partial charge in [-0.05, 0) is 30.3 Å². The van der Waals surface area contributed by atoms with Crippen LogP contribution in [0.4, 0.5) is 5.69 Å². The number of carbonyl (C=O) groups excluding carboxylic acids is 1. The zero-order chi connectivity index (χ0) is 13.7. The van der Waals surface area contributed by atoms with Crippen molar-refractivity contribution in [1.29, 1.82) is 0 Å². The summed E-state index contributed by atoms with van der Waals surface area (Å²) in [6.45, 7) is 0. The Morgan fingerprint density at radius 3 is 2.58 bits per heavy atom. The van der Waals surface area contributed by atoms with E-state index in [9.17, 15) is 4.79 Å². The Bertz CT molecular complexity index is 572. The number of carbonyl (C=O) groups is 1. The molecule has 0 aliphatic heterocycles. The quantitative estimate of drug-likeness (QED) is 0.643. The minimum Gasteiger partial charge on any atom is -0.457 e. The van der Waals surface area contributed by atoms with E-state index >= 15 is 0 Å². The fraction of sp³-hybridized carbons (Fsp3) is 0.0769. The zero-order valence-electron chi connectivity index (χ0n) is 10.2. The van der Waals surface area contributed by atoms with Crippen LogP contribution >= 0.6 is 22.9 Å². The van der Waals surface area contributed by atoms with Crippen LogP contribution in [0.15, 0.2) is 42.6 Å². The van der Waals surface area contributed by atoms with E-state index in [0.717, 1.165) is 5.69 Å². The molecule has 0 aliphatic rings. The summed E-state index contributed by atoms with van der Waals surface area (Å²) in [4.78, 5) is 15.4. The van der Waals surface area contributed by atoms with Crippen molar-refractivity contribution in [3.63, 3.8) is 0 Å². The molecular formula is C13H12IN3O2. The molecule has 2 aromatic rings. The Labute approximate surface area is 124 Å². The largest absolute Gasteiger partial charge is 0.457 e. The molecule has 0 saturated carbocycles. The first-order valence-electron chi connectivity index (χ1n) is 5.55. The molecule has 0 aliphatic carbocycles. The Kier molecular flexibility index (Phi) is 4.56. The fourth-order valence-corrected chi connectivity index (χ4v) is 1.81. The van der Waals surface area contributed by atoms with Crippen molar-refractivity contribution in [2.45, 2.75) is 0 Å². The van der Waals surface area contributed by atoms with Crippen LogP contribution in [-0.4, -0.2) is 17.9 Å². The lowest BCUT2D eigenvalue weighted by molar-refractivity contribution is 0.0958. The van der Waals surface area contributed by atoms with Gasteiger partial charge in [0.25, 0.3) is 5.91 Å². The average molecular weight is 369 g/mol. The summed E-state index contributed by atoms with van der Waals surface area (Å²) >= 11 is 2.06. The second kappa shape index (κ2) is 6.37. The van der Waals surface area contributed by atoms with E-state index in [1.165, 1.54) is 0 Å². The standard InChI is InChI=1S/C13H12IN3O2/c1-15-13(18)12-8-11(6-7-16-12)19-10-4-2-9(17-14)3-5-10/h2-8,17H,1H3,(H,15,18). The van der Waals surface area contributed by atoms with Gasteiger partial charge in [-0.15, -0.1) is 0 Å². The molecular weight excluding hydrogens is 357 g/mol. The first kappa shape index (κ1) is 13.6. The number of halogens is 1. The van der Waals surface area contributed by atoms with Crippen molar-refractivity contribution in [2.75, 3.05) is 10.6 Å². The van der Waals surface area contributed by atoms with Crippen LogP contribution in [0.1, 0.15) is 10.5 Å². The van der Waals surface area contributed by atoms with Gasteiger partial charge in [0.1, 0.15) is 17.2 Å². The second-order valence-corrected chi connectivity index (χ2v) is 4.22. The molecule has 19 heavy (non-hydrogen) atoms. The van der Waals surface area contributed by atoms with Crippen molar-refractivity contribution in [1.82, 2.24) is 10.3 Å². The molecule has 0 bridgehead atoms. The van der Waals surface area contributed by atoms with E-state index in [0.29, 0.717) is 17.2 Å². The van der Waals surface area contributed by atoms with Crippen molar-refractivity contribution in [3.05, 3.63) is 48.3 Å². The summed E-state index contributed by atoms with van der Waals surface area (Å²) in [5.41, 5.74) is 1.32. The molecule has 1 aromatic carbocycles. The lowest BCUT2D eigenvalue weighted by Crippen LogP contribution is -2.18. The lowest BCUT2D eigenvalue weighted by atomic mass is 10.3. The number of hydrogen-bond donors (Lipinski definition) is 2. The molecule has 98 valence electrons. The number of ether oxygens (including phenoxy) is 1. The van der Waals surface area contributed by atoms with Gasteiger partial charge in [-0.1, -0.05) is 0 Å². The number of anilines is 1. The molecule has 1 aromatic heterocycles. The van der Waals surface area contributed by atoms with Gasteiger partial charge < -0.3 is 13.6 Å². The Balaban J connectivity index is 2.16. The van der Waals surface area contributed by atoms with Crippen LogP contribution in [-0.2, 0) is 0 Å². The summed E-state index contributed by atoms with van der Waals surface area (Å²) < 4.78 is 8.66. The third-order valence-electron chi connectivity index (χ3n) is 2.39. The van der Waals surface area contributed by atoms with E-state index in [2.05, 4.69) is 36.7 Å². The third kappa shape index (κ3) is 3.57. The first-order valence-corrected chi connectivity index (χ1v) is 6.63. The monoisotopic (exact) mass is 369 g/mol. The normalized spacial score (nSPS) is 9.79. The molecule has 0 spiro atoms. The van der Waals surface area contributed by atoms with Crippen molar-refractivity contribution >= 4 is 34.5 Å². The molecule has 0 saturated heterocycles. The minimum atomic E-state index is -0.241. The van der Waals surface area contributed by atoms with E-state index in [1.807, 2.05) is 24.3 Å². The molecule has 1 amide bonds. The maximum Gasteiger partial charge on any atom is 0.269 e. The van der Waals surface area contributed by atoms with E-state index in [1.54, 1.807) is 25.4 Å². The molecule has 5 nitrogen and oxygen atoms in total. The number of nitrogens with one attached hydrogen (secondary N) is 2. The molecule has 0 radical (unpaired) electrons. The highest BCUT2D eigenvalue weighted by Crippen LogP contribution is 2.23. The molecule has 1 heterocycles. The van der Waals surface area contributed by atoms with Gasteiger partial charge >= 0.3 is 0 Å². The van der Waals surface area contributed by atoms with Gasteiger partial charge in [0, 0.05) is 25.0 Å². The van der Waals surface area contributed by atoms with Gasteiger partial charge in [0.2, 0.25) is 0 Å². The number of benzene rings is 1. The van der Waals surface area contributed by atoms with Crippen LogP contribution < -0.4 is 13.6 Å². The highest BCUT2D eigenvalue weighted by Gasteiger charge is 2.06. The van der Waals surface area contributed by atoms with Gasteiger partial charge in [0.05, 0.1) is 22.9 Å². The zero-order valence-corrected chi connectivity index (χ0v) is 12.3. The topological polar surface area (TPSA) is 63.2 Å². The smallest absolute Gasteiger partial charge is 0.269 e. The fourth-order valence-electron chi connectivity index (χ4n) is 1.45. The number of rotatable bonds is 4. The molecule has 0 fully saturated rings. The van der Waals surface area contributed by atoms with Crippen LogP contribution in [0.5, 0.6) is 11.5 Å². The summed E-state index contributed by atoms with van der Waals surface area (Å²) in [5, 5.41) is 2.52. The van der Waals surface area contributed by atoms with Gasteiger partial charge in [-0.3, -0.25) is 9.78 Å². The Morgan fingerprint density at radius 1 is 1.21 bits per heavy atom. The molecule has 2 rings (SSSR count). The summed E-state index contributed by atoms with van der Waals surface area (Å²) in [6, 6.07) is 10.8. The number of nitrogens with zero attached hydrogens (tertiary/aromatic N) is 1. The van der Waals surface area contributed by atoms with Crippen molar-refractivity contribution in [2.24, 2.45) is 0 Å². The van der Waals surface area contributed by atoms with Crippen LogP contribution in [0.25, 0.3) is 0 Å². The SMILES string of the molecule is CNC(=O)c1cc(Oc2ccc(NI)cc2)ccn1. The van der Waals surface area contributed by atoms with Crippen LogP contribution in [0.3, 0.4) is 0 Å². The molecule has 0 atom stereocenters. The average Bonchev–Trinajstić information content (AvgIpc) is 2.47. The predicted octanol–water partition coefficient (Wildman–Crippen LogP) is 3.00. The first-order chi connectivity index (χ1) is 9.22. The van der Waals surface area contributed by atoms with Gasteiger partial charge in [0.15, 0.2) is 0 Å². The second-order valence-electron chi connectivity index (χ2n) is 3.68. The summed E-state index contributed by atoms with van der Waals surface area (Å²) in [6.07, 6.45) is 1.54. The number of hydrogen-bond acceptors (Lipinski definition) is 4. The number of amides is 1. The number of pyridine rings is 1. The van der Waals surface area contributed by atoms with Crippen LogP contribution in [0, 0.1) is 0 Å². The number of aromatic nitrogens is 1. The molecule has 0 unspecified atom stereocenters. The highest BCUT2D eigenvalue weighted by molar-refractivity contribution is 14.1. The summed E-state index contributed by atoms with van der Waals surface area (Å²) in [5.74, 6) is 1.03. The lowest BCUT2D eigenvalue weighted by Gasteiger charge is -2.07. The van der Waals surface area contributed by atoms with Crippen molar-refractivity contribution < 1.29 is 9.53 Å². The van der Waals surface area contributed by atoms with E-state index in [4.69, 9.17) is 4.74 Å². The van der Waals surface area contributed by atoms with Crippen LogP contribution in [0.2, 0.25) is 0 Å². The molecule has 2 N–H and O–H groups in total. The molecule has 6 heteroatoms. The Morgan fingerprint density at radius 2 is 1.95 bits per heavy atom. The van der Waals surface area contributed by atoms with Gasteiger partial charge in [-0.25, -0.2) is 0 Å². The predicted molar refractivity (Wildman–Crippen MR) is 81.8 cm³/mol. The Hall–Kier alpha value is -1.83. The maximum atomic E-state index is 11.5. The van der Waals surface area contributed by atoms with E-state index < -0.39 is 0 Å². The maximum absolute atomic E-state index is 11.5. The van der Waals surface area contributed by atoms with E-state index in [-0.39, 0.29) is 5.91 Å².